The fourth-order valence-corrected chi connectivity index (χ4v) is 3.81. The predicted octanol–water partition coefficient (Wildman–Crippen LogP) is 3.03. The van der Waals surface area contributed by atoms with Crippen LogP contribution >= 0.6 is 15.9 Å². The summed E-state index contributed by atoms with van der Waals surface area (Å²) >= 11 is 3.57. The minimum absolute atomic E-state index is 0.00727. The zero-order chi connectivity index (χ0) is 16.3. The van der Waals surface area contributed by atoms with Crippen LogP contribution in [0.25, 0.3) is 0 Å². The third-order valence-electron chi connectivity index (χ3n) is 4.19. The van der Waals surface area contributed by atoms with Gasteiger partial charge >= 0.3 is 5.97 Å². The molecule has 0 radical (unpaired) electrons. The van der Waals surface area contributed by atoms with Crippen LogP contribution in [0.3, 0.4) is 0 Å². The van der Waals surface area contributed by atoms with E-state index in [4.69, 9.17) is 4.74 Å². The van der Waals surface area contributed by atoms with Crippen LogP contribution < -0.4 is 0 Å². The number of hydrogen-bond donors (Lipinski definition) is 0. The number of ether oxygens (including phenoxy) is 1. The first kappa shape index (κ1) is 17.0. The number of hydrogen-bond acceptors (Lipinski definition) is 3. The minimum atomic E-state index is -0.424. The maximum atomic E-state index is 12.6. The van der Waals surface area contributed by atoms with Gasteiger partial charge in [0.25, 0.3) is 0 Å². The average molecular weight is 368 g/mol. The van der Waals surface area contributed by atoms with Crippen molar-refractivity contribution < 1.29 is 14.3 Å². The number of carbonyl (C=O) groups is 2. The molecule has 0 aliphatic carbocycles. The summed E-state index contributed by atoms with van der Waals surface area (Å²) in [5.74, 6) is -0.323. The van der Waals surface area contributed by atoms with Crippen molar-refractivity contribution in [3.8, 4) is 0 Å². The van der Waals surface area contributed by atoms with Gasteiger partial charge in [0.1, 0.15) is 6.04 Å². The van der Waals surface area contributed by atoms with E-state index >= 15 is 0 Å². The predicted molar refractivity (Wildman–Crippen MR) is 88.7 cm³/mol. The number of esters is 1. The van der Waals surface area contributed by atoms with Crippen LogP contribution in [0, 0.1) is 6.92 Å². The number of rotatable bonds is 4. The molecule has 22 heavy (non-hydrogen) atoms. The smallest absolute Gasteiger partial charge is 0.328 e. The summed E-state index contributed by atoms with van der Waals surface area (Å²) in [6.07, 6.45) is 2.73. The maximum Gasteiger partial charge on any atom is 0.328 e. The molecule has 1 unspecified atom stereocenters. The fourth-order valence-electron chi connectivity index (χ4n) is 3.06. The zero-order valence-electron chi connectivity index (χ0n) is 13.3. The van der Waals surface area contributed by atoms with Crippen LogP contribution in [0.1, 0.15) is 36.5 Å². The van der Waals surface area contributed by atoms with E-state index in [0.29, 0.717) is 19.4 Å². The second kappa shape index (κ2) is 7.27. The molecule has 1 aliphatic heterocycles. The van der Waals surface area contributed by atoms with Gasteiger partial charge in [0.15, 0.2) is 0 Å². The van der Waals surface area contributed by atoms with Crippen molar-refractivity contribution in [3.63, 3.8) is 0 Å². The Morgan fingerprint density at radius 2 is 2.14 bits per heavy atom. The lowest BCUT2D eigenvalue weighted by molar-refractivity contribution is -0.150. The van der Waals surface area contributed by atoms with Crippen LogP contribution in [-0.2, 0) is 27.2 Å². The van der Waals surface area contributed by atoms with Crippen LogP contribution in [0.4, 0.5) is 0 Å². The standard InChI is InChI=1S/C17H22BrNO3/c1-4-12-8-11(2)9-14(18)13(12)10-16(20)19-7-5-6-15(19)17(21)22-3/h8-9,15H,4-7,10H2,1-3H3. The Hall–Kier alpha value is -1.36. The topological polar surface area (TPSA) is 46.6 Å². The lowest BCUT2D eigenvalue weighted by atomic mass is 9.99. The molecule has 0 N–H and O–H groups in total. The second-order valence-electron chi connectivity index (χ2n) is 5.68. The van der Waals surface area contributed by atoms with E-state index in [9.17, 15) is 9.59 Å². The van der Waals surface area contributed by atoms with Gasteiger partial charge in [0.2, 0.25) is 5.91 Å². The van der Waals surface area contributed by atoms with E-state index in [2.05, 4.69) is 28.9 Å². The Bertz CT molecular complexity index is 586. The molecule has 0 spiro atoms. The first-order valence-electron chi connectivity index (χ1n) is 7.63. The molecule has 0 saturated carbocycles. The van der Waals surface area contributed by atoms with Gasteiger partial charge in [-0.3, -0.25) is 4.79 Å². The van der Waals surface area contributed by atoms with Crippen molar-refractivity contribution in [1.29, 1.82) is 0 Å². The Morgan fingerprint density at radius 1 is 1.41 bits per heavy atom. The average Bonchev–Trinajstić information content (AvgIpc) is 2.98. The van der Waals surface area contributed by atoms with Crippen LogP contribution in [-0.4, -0.2) is 36.5 Å². The zero-order valence-corrected chi connectivity index (χ0v) is 14.9. The van der Waals surface area contributed by atoms with Crippen LogP contribution in [0.15, 0.2) is 16.6 Å². The summed E-state index contributed by atoms with van der Waals surface area (Å²) in [5, 5.41) is 0. The molecule has 1 amide bonds. The van der Waals surface area contributed by atoms with Gasteiger partial charge in [0.05, 0.1) is 13.5 Å². The molecular formula is C17H22BrNO3. The highest BCUT2D eigenvalue weighted by molar-refractivity contribution is 9.10. The van der Waals surface area contributed by atoms with Crippen molar-refractivity contribution in [2.24, 2.45) is 0 Å². The highest BCUT2D eigenvalue weighted by atomic mass is 79.9. The number of benzene rings is 1. The van der Waals surface area contributed by atoms with E-state index in [-0.39, 0.29) is 11.9 Å². The SMILES string of the molecule is CCc1cc(C)cc(Br)c1CC(=O)N1CCCC1C(=O)OC. The van der Waals surface area contributed by atoms with Crippen molar-refractivity contribution in [2.75, 3.05) is 13.7 Å². The summed E-state index contributed by atoms with van der Waals surface area (Å²) in [4.78, 5) is 26.1. The van der Waals surface area contributed by atoms with Gasteiger partial charge in [0, 0.05) is 11.0 Å². The van der Waals surface area contributed by atoms with Gasteiger partial charge in [-0.2, -0.15) is 0 Å². The molecule has 1 heterocycles. The van der Waals surface area contributed by atoms with Crippen molar-refractivity contribution >= 4 is 27.8 Å². The number of carbonyl (C=O) groups excluding carboxylic acids is 2. The lowest BCUT2D eigenvalue weighted by Crippen LogP contribution is -2.42. The molecule has 4 nitrogen and oxygen atoms in total. The molecule has 1 aliphatic rings. The van der Waals surface area contributed by atoms with Gasteiger partial charge in [-0.15, -0.1) is 0 Å². The molecule has 1 atom stereocenters. The third kappa shape index (κ3) is 3.51. The minimum Gasteiger partial charge on any atom is -0.467 e. The second-order valence-corrected chi connectivity index (χ2v) is 6.54. The number of likely N-dealkylation sites (tertiary alicyclic amines) is 1. The molecular weight excluding hydrogens is 346 g/mol. The Balaban J connectivity index is 2.20. The first-order valence-corrected chi connectivity index (χ1v) is 8.42. The monoisotopic (exact) mass is 367 g/mol. The van der Waals surface area contributed by atoms with Gasteiger partial charge in [-0.1, -0.05) is 28.9 Å². The molecule has 1 aromatic carbocycles. The molecule has 0 aromatic heterocycles. The highest BCUT2D eigenvalue weighted by Crippen LogP contribution is 2.26. The van der Waals surface area contributed by atoms with Gasteiger partial charge < -0.3 is 9.64 Å². The Morgan fingerprint density at radius 3 is 2.77 bits per heavy atom. The van der Waals surface area contributed by atoms with Crippen LogP contribution in [0.5, 0.6) is 0 Å². The van der Waals surface area contributed by atoms with Crippen molar-refractivity contribution in [2.45, 2.75) is 45.6 Å². The Kier molecular flexibility index (Phi) is 5.62. The molecule has 120 valence electrons. The molecule has 1 saturated heterocycles. The fraction of sp³-hybridized carbons (Fsp3) is 0.529. The van der Waals surface area contributed by atoms with Crippen molar-refractivity contribution in [1.82, 2.24) is 4.90 Å². The Labute approximate surface area is 140 Å². The van der Waals surface area contributed by atoms with E-state index in [0.717, 1.165) is 22.9 Å². The maximum absolute atomic E-state index is 12.6. The summed E-state index contributed by atoms with van der Waals surface area (Å²) < 4.78 is 5.77. The van der Waals surface area contributed by atoms with Gasteiger partial charge in [-0.05, 0) is 48.9 Å². The summed E-state index contributed by atoms with van der Waals surface area (Å²) in [5.41, 5.74) is 3.37. The molecule has 1 aromatic rings. The summed E-state index contributed by atoms with van der Waals surface area (Å²) in [6, 6.07) is 3.73. The molecule has 2 rings (SSSR count). The number of nitrogens with zero attached hydrogens (tertiary/aromatic N) is 1. The van der Waals surface area contributed by atoms with E-state index in [1.807, 2.05) is 13.0 Å². The quantitative estimate of drug-likeness (QED) is 0.768. The number of methoxy groups -OCH3 is 1. The normalized spacial score (nSPS) is 17.6. The van der Waals surface area contributed by atoms with E-state index in [1.54, 1.807) is 4.90 Å². The van der Waals surface area contributed by atoms with Crippen molar-refractivity contribution in [3.05, 3.63) is 33.3 Å². The third-order valence-corrected chi connectivity index (χ3v) is 4.90. The molecule has 1 fully saturated rings. The first-order chi connectivity index (χ1) is 10.5. The summed E-state index contributed by atoms with van der Waals surface area (Å²) in [7, 11) is 1.37. The van der Waals surface area contributed by atoms with Crippen LogP contribution in [0.2, 0.25) is 0 Å². The number of halogens is 1. The number of aryl methyl sites for hydroxylation is 2. The largest absolute Gasteiger partial charge is 0.467 e. The van der Waals surface area contributed by atoms with Gasteiger partial charge in [-0.25, -0.2) is 4.79 Å². The number of amides is 1. The summed E-state index contributed by atoms with van der Waals surface area (Å²) in [6.45, 7) is 4.76. The molecule has 5 heteroatoms. The van der Waals surface area contributed by atoms with E-state index in [1.165, 1.54) is 18.2 Å². The highest BCUT2D eigenvalue weighted by Gasteiger charge is 2.34. The van der Waals surface area contributed by atoms with E-state index < -0.39 is 6.04 Å². The molecule has 0 bridgehead atoms. The lowest BCUT2D eigenvalue weighted by Gasteiger charge is -2.23.